The van der Waals surface area contributed by atoms with Crippen molar-refractivity contribution in [3.05, 3.63) is 33.9 Å². The molecule has 0 aliphatic rings. The highest BCUT2D eigenvalue weighted by molar-refractivity contribution is 7.99. The van der Waals surface area contributed by atoms with Crippen molar-refractivity contribution >= 4 is 35.1 Å². The molecule has 0 aliphatic carbocycles. The van der Waals surface area contributed by atoms with Crippen molar-refractivity contribution in [2.45, 2.75) is 33.3 Å². The third-order valence-corrected chi connectivity index (χ3v) is 3.78. The van der Waals surface area contributed by atoms with Crippen molar-refractivity contribution < 1.29 is 19.2 Å². The standard InChI is InChI=1S/C16H23N3O5S/c1-11-9-12(5-6-13(11)19(22)23)18-14(20)10-25-8-7-17-15(21)24-16(2,3)4/h5-6,9H,7-8,10H2,1-4H3,(H,17,21)(H,18,20). The lowest BCUT2D eigenvalue weighted by molar-refractivity contribution is -0.385. The smallest absolute Gasteiger partial charge is 0.407 e. The van der Waals surface area contributed by atoms with E-state index in [2.05, 4.69) is 10.6 Å². The lowest BCUT2D eigenvalue weighted by atomic mass is 10.2. The van der Waals surface area contributed by atoms with E-state index in [1.807, 2.05) is 0 Å². The number of anilines is 1. The number of amides is 2. The molecule has 1 aromatic carbocycles. The van der Waals surface area contributed by atoms with E-state index in [1.165, 1.54) is 23.9 Å². The zero-order valence-electron chi connectivity index (χ0n) is 14.8. The van der Waals surface area contributed by atoms with Crippen molar-refractivity contribution in [2.75, 3.05) is 23.4 Å². The lowest BCUT2D eigenvalue weighted by Gasteiger charge is -2.19. The number of ether oxygens (including phenoxy) is 1. The highest BCUT2D eigenvalue weighted by Crippen LogP contribution is 2.21. The van der Waals surface area contributed by atoms with Gasteiger partial charge in [-0.15, -0.1) is 0 Å². The van der Waals surface area contributed by atoms with E-state index in [9.17, 15) is 19.7 Å². The molecule has 0 bridgehead atoms. The molecule has 9 heteroatoms. The quantitative estimate of drug-likeness (QED) is 0.434. The van der Waals surface area contributed by atoms with Crippen LogP contribution in [-0.4, -0.2) is 40.6 Å². The molecule has 2 amide bonds. The van der Waals surface area contributed by atoms with Gasteiger partial charge in [0.05, 0.1) is 10.7 Å². The Morgan fingerprint density at radius 2 is 2.00 bits per heavy atom. The molecule has 138 valence electrons. The molecule has 0 aromatic heterocycles. The van der Waals surface area contributed by atoms with Crippen molar-refractivity contribution in [3.63, 3.8) is 0 Å². The zero-order chi connectivity index (χ0) is 19.0. The van der Waals surface area contributed by atoms with Crippen LogP contribution in [0.5, 0.6) is 0 Å². The van der Waals surface area contributed by atoms with Gasteiger partial charge in [-0.3, -0.25) is 14.9 Å². The van der Waals surface area contributed by atoms with Crippen LogP contribution in [0.2, 0.25) is 0 Å². The first-order valence-corrected chi connectivity index (χ1v) is 8.83. The van der Waals surface area contributed by atoms with Crippen LogP contribution in [-0.2, 0) is 9.53 Å². The monoisotopic (exact) mass is 369 g/mol. The highest BCUT2D eigenvalue weighted by Gasteiger charge is 2.15. The predicted octanol–water partition coefficient (Wildman–Crippen LogP) is 3.10. The minimum atomic E-state index is -0.542. The number of thioether (sulfide) groups is 1. The second-order valence-corrected chi connectivity index (χ2v) is 7.39. The lowest BCUT2D eigenvalue weighted by Crippen LogP contribution is -2.33. The third kappa shape index (κ3) is 8.39. The number of nitro groups is 1. The number of nitro benzene ring substituents is 1. The fourth-order valence-corrected chi connectivity index (χ4v) is 2.49. The van der Waals surface area contributed by atoms with Crippen LogP contribution in [0.15, 0.2) is 18.2 Å². The molecule has 0 saturated carbocycles. The van der Waals surface area contributed by atoms with E-state index in [0.29, 0.717) is 23.5 Å². The van der Waals surface area contributed by atoms with Gasteiger partial charge in [-0.2, -0.15) is 11.8 Å². The molecule has 1 rings (SSSR count). The molecular weight excluding hydrogens is 346 g/mol. The summed E-state index contributed by atoms with van der Waals surface area (Å²) in [6.07, 6.45) is -0.487. The SMILES string of the molecule is Cc1cc(NC(=O)CSCCNC(=O)OC(C)(C)C)ccc1[N+](=O)[O-]. The number of rotatable bonds is 7. The van der Waals surface area contributed by atoms with Gasteiger partial charge < -0.3 is 15.4 Å². The number of benzene rings is 1. The summed E-state index contributed by atoms with van der Waals surface area (Å²) in [5, 5.41) is 16.1. The number of nitrogens with zero attached hydrogens (tertiary/aromatic N) is 1. The van der Waals surface area contributed by atoms with Crippen molar-refractivity contribution in [3.8, 4) is 0 Å². The maximum atomic E-state index is 11.8. The van der Waals surface area contributed by atoms with Gasteiger partial charge in [-0.05, 0) is 39.8 Å². The van der Waals surface area contributed by atoms with E-state index in [4.69, 9.17) is 4.74 Å². The summed E-state index contributed by atoms with van der Waals surface area (Å²) in [4.78, 5) is 33.6. The van der Waals surface area contributed by atoms with Gasteiger partial charge in [0.2, 0.25) is 5.91 Å². The maximum Gasteiger partial charge on any atom is 0.407 e. The van der Waals surface area contributed by atoms with Crippen LogP contribution in [0, 0.1) is 17.0 Å². The van der Waals surface area contributed by atoms with E-state index >= 15 is 0 Å². The van der Waals surface area contributed by atoms with E-state index in [-0.39, 0.29) is 17.3 Å². The Morgan fingerprint density at radius 3 is 2.56 bits per heavy atom. The fourth-order valence-electron chi connectivity index (χ4n) is 1.84. The Bertz CT molecular complexity index is 643. The Labute approximate surface area is 150 Å². The molecule has 0 radical (unpaired) electrons. The number of hydrogen-bond acceptors (Lipinski definition) is 6. The summed E-state index contributed by atoms with van der Waals surface area (Å²) in [7, 11) is 0. The van der Waals surface area contributed by atoms with Crippen LogP contribution in [0.4, 0.5) is 16.2 Å². The summed E-state index contributed by atoms with van der Waals surface area (Å²) in [5.41, 5.74) is 0.471. The second kappa shape index (κ2) is 9.26. The van der Waals surface area contributed by atoms with Gasteiger partial charge >= 0.3 is 6.09 Å². The molecule has 2 N–H and O–H groups in total. The molecule has 0 spiro atoms. The van der Waals surface area contributed by atoms with Crippen LogP contribution >= 0.6 is 11.8 Å². The second-order valence-electron chi connectivity index (χ2n) is 6.29. The third-order valence-electron chi connectivity index (χ3n) is 2.83. The molecule has 8 nitrogen and oxygen atoms in total. The Balaban J connectivity index is 2.28. The molecule has 25 heavy (non-hydrogen) atoms. The predicted molar refractivity (Wildman–Crippen MR) is 98.0 cm³/mol. The number of carbonyl (C=O) groups excluding carboxylic acids is 2. The summed E-state index contributed by atoms with van der Waals surface area (Å²) < 4.78 is 5.10. The van der Waals surface area contributed by atoms with Gasteiger partial charge in [-0.1, -0.05) is 0 Å². The first-order chi connectivity index (χ1) is 11.6. The highest BCUT2D eigenvalue weighted by atomic mass is 32.2. The molecule has 0 aliphatic heterocycles. The van der Waals surface area contributed by atoms with Gasteiger partial charge in [-0.25, -0.2) is 4.79 Å². The van der Waals surface area contributed by atoms with Crippen LogP contribution < -0.4 is 10.6 Å². The van der Waals surface area contributed by atoms with Crippen molar-refractivity contribution in [1.82, 2.24) is 5.32 Å². The fraction of sp³-hybridized carbons (Fsp3) is 0.500. The van der Waals surface area contributed by atoms with Gasteiger partial charge in [0, 0.05) is 29.6 Å². The number of alkyl carbamates (subject to hydrolysis) is 1. The van der Waals surface area contributed by atoms with Crippen LogP contribution in [0.1, 0.15) is 26.3 Å². The molecule has 0 saturated heterocycles. The Kier molecular flexibility index (Phi) is 7.69. The summed E-state index contributed by atoms with van der Waals surface area (Å²) in [5.74, 6) is 0.563. The Hall–Kier alpha value is -2.29. The largest absolute Gasteiger partial charge is 0.444 e. The molecule has 0 heterocycles. The number of carbonyl (C=O) groups is 2. The van der Waals surface area contributed by atoms with Crippen molar-refractivity contribution in [1.29, 1.82) is 0 Å². The summed E-state index contributed by atoms with van der Waals surface area (Å²) >= 11 is 1.36. The molecule has 0 fully saturated rings. The summed E-state index contributed by atoms with van der Waals surface area (Å²) in [6, 6.07) is 4.42. The molecule has 1 aromatic rings. The van der Waals surface area contributed by atoms with Gasteiger partial charge in [0.25, 0.3) is 5.69 Å². The van der Waals surface area contributed by atoms with Crippen LogP contribution in [0.3, 0.4) is 0 Å². The van der Waals surface area contributed by atoms with E-state index in [1.54, 1.807) is 33.8 Å². The van der Waals surface area contributed by atoms with E-state index < -0.39 is 16.6 Å². The minimum absolute atomic E-state index is 0.0144. The number of hydrogen-bond donors (Lipinski definition) is 2. The zero-order valence-corrected chi connectivity index (χ0v) is 15.6. The first-order valence-electron chi connectivity index (χ1n) is 7.68. The number of nitrogens with one attached hydrogen (secondary N) is 2. The minimum Gasteiger partial charge on any atom is -0.444 e. The van der Waals surface area contributed by atoms with Gasteiger partial charge in [0.15, 0.2) is 0 Å². The molecule has 0 atom stereocenters. The van der Waals surface area contributed by atoms with E-state index in [0.717, 1.165) is 0 Å². The molecular formula is C16H23N3O5S. The average Bonchev–Trinajstić information content (AvgIpc) is 2.44. The maximum absolute atomic E-state index is 11.8. The van der Waals surface area contributed by atoms with Crippen molar-refractivity contribution in [2.24, 2.45) is 0 Å². The average molecular weight is 369 g/mol. The van der Waals surface area contributed by atoms with Gasteiger partial charge in [0.1, 0.15) is 5.60 Å². The number of aryl methyl sites for hydroxylation is 1. The normalized spacial score (nSPS) is 10.9. The van der Waals surface area contributed by atoms with Crippen LogP contribution in [0.25, 0.3) is 0 Å². The summed E-state index contributed by atoms with van der Waals surface area (Å²) in [6.45, 7) is 7.36. The Morgan fingerprint density at radius 1 is 1.32 bits per heavy atom. The first kappa shape index (κ1) is 20.8. The molecule has 0 unspecified atom stereocenters. The topological polar surface area (TPSA) is 111 Å².